The molecule has 8 heteroatoms. The molecular weight excluding hydrogens is 358 g/mol. The standard InChI is InChI=1S/C20H15N5O3/c1-13(26)23-16-6-4-15(5-7-16)19-24-18(20(27)28-19)10-14-2-8-17(9-3-14)25-12-21-11-22-25/h2-12H,1H3,(H,23,26). The third kappa shape index (κ3) is 3.70. The largest absolute Gasteiger partial charge is 0.402 e. The lowest BCUT2D eigenvalue weighted by Crippen LogP contribution is -2.07. The number of rotatable bonds is 4. The Balaban J connectivity index is 1.54. The molecule has 138 valence electrons. The van der Waals surface area contributed by atoms with Gasteiger partial charge in [0.15, 0.2) is 5.70 Å². The van der Waals surface area contributed by atoms with Crippen molar-refractivity contribution < 1.29 is 14.3 Å². The summed E-state index contributed by atoms with van der Waals surface area (Å²) in [5.41, 5.74) is 3.19. The summed E-state index contributed by atoms with van der Waals surface area (Å²) in [5, 5.41) is 6.75. The van der Waals surface area contributed by atoms with Gasteiger partial charge in [-0.3, -0.25) is 4.79 Å². The lowest BCUT2D eigenvalue weighted by Gasteiger charge is -2.03. The number of nitrogens with one attached hydrogen (secondary N) is 1. The van der Waals surface area contributed by atoms with E-state index in [1.807, 2.05) is 24.3 Å². The normalized spacial score (nSPS) is 14.7. The third-order valence-electron chi connectivity index (χ3n) is 3.95. The molecule has 0 radical (unpaired) electrons. The minimum atomic E-state index is -0.513. The molecule has 0 aliphatic carbocycles. The van der Waals surface area contributed by atoms with Gasteiger partial charge >= 0.3 is 5.97 Å². The summed E-state index contributed by atoms with van der Waals surface area (Å²) in [5.74, 6) is -0.441. The fraction of sp³-hybridized carbons (Fsp3) is 0.0500. The van der Waals surface area contributed by atoms with Gasteiger partial charge in [-0.25, -0.2) is 19.5 Å². The van der Waals surface area contributed by atoms with Gasteiger partial charge in [0.2, 0.25) is 11.8 Å². The van der Waals surface area contributed by atoms with Crippen molar-refractivity contribution in [2.24, 2.45) is 4.99 Å². The highest BCUT2D eigenvalue weighted by atomic mass is 16.6. The molecular formula is C20H15N5O3. The van der Waals surface area contributed by atoms with E-state index in [0.717, 1.165) is 11.3 Å². The Kier molecular flexibility index (Phi) is 4.51. The Bertz CT molecular complexity index is 1080. The summed E-state index contributed by atoms with van der Waals surface area (Å²) >= 11 is 0. The number of ether oxygens (including phenoxy) is 1. The van der Waals surface area contributed by atoms with Crippen LogP contribution in [0.15, 0.2) is 71.9 Å². The van der Waals surface area contributed by atoms with Crippen molar-refractivity contribution in [2.75, 3.05) is 5.32 Å². The predicted molar refractivity (Wildman–Crippen MR) is 103 cm³/mol. The quantitative estimate of drug-likeness (QED) is 0.560. The van der Waals surface area contributed by atoms with Crippen molar-refractivity contribution in [1.29, 1.82) is 0 Å². The van der Waals surface area contributed by atoms with Gasteiger partial charge in [-0.2, -0.15) is 5.10 Å². The SMILES string of the molecule is CC(=O)Nc1ccc(C2=NC(=Cc3ccc(-n4cncn4)cc3)C(=O)O2)cc1. The number of carbonyl (C=O) groups excluding carboxylic acids is 2. The highest BCUT2D eigenvalue weighted by Gasteiger charge is 2.24. The molecule has 1 amide bonds. The van der Waals surface area contributed by atoms with Crippen molar-refractivity contribution in [3.8, 4) is 5.69 Å². The van der Waals surface area contributed by atoms with Crippen LogP contribution in [0, 0.1) is 0 Å². The first-order valence-electron chi connectivity index (χ1n) is 8.44. The molecule has 1 N–H and O–H groups in total. The molecule has 1 aliphatic heterocycles. The van der Waals surface area contributed by atoms with Crippen LogP contribution in [0.2, 0.25) is 0 Å². The first-order valence-corrected chi connectivity index (χ1v) is 8.44. The van der Waals surface area contributed by atoms with Crippen molar-refractivity contribution in [3.63, 3.8) is 0 Å². The number of benzene rings is 2. The van der Waals surface area contributed by atoms with E-state index in [1.165, 1.54) is 13.3 Å². The van der Waals surface area contributed by atoms with Gasteiger partial charge in [-0.15, -0.1) is 0 Å². The summed E-state index contributed by atoms with van der Waals surface area (Å²) in [4.78, 5) is 31.4. The molecule has 1 aromatic heterocycles. The van der Waals surface area contributed by atoms with E-state index in [2.05, 4.69) is 20.4 Å². The summed E-state index contributed by atoms with van der Waals surface area (Å²) in [6.45, 7) is 1.44. The number of hydrogen-bond acceptors (Lipinski definition) is 6. The van der Waals surface area contributed by atoms with Crippen molar-refractivity contribution >= 4 is 29.5 Å². The Hall–Kier alpha value is -4.07. The Morgan fingerprint density at radius 3 is 2.50 bits per heavy atom. The van der Waals surface area contributed by atoms with E-state index in [-0.39, 0.29) is 17.5 Å². The van der Waals surface area contributed by atoms with E-state index in [1.54, 1.807) is 41.4 Å². The van der Waals surface area contributed by atoms with Crippen LogP contribution >= 0.6 is 0 Å². The van der Waals surface area contributed by atoms with Crippen LogP contribution in [-0.4, -0.2) is 32.5 Å². The average molecular weight is 373 g/mol. The van der Waals surface area contributed by atoms with Gasteiger partial charge in [0.05, 0.1) is 5.69 Å². The van der Waals surface area contributed by atoms with Gasteiger partial charge in [-0.1, -0.05) is 12.1 Å². The van der Waals surface area contributed by atoms with Crippen LogP contribution in [0.3, 0.4) is 0 Å². The van der Waals surface area contributed by atoms with Crippen molar-refractivity contribution in [2.45, 2.75) is 6.92 Å². The van der Waals surface area contributed by atoms with E-state index in [4.69, 9.17) is 4.74 Å². The van der Waals surface area contributed by atoms with Crippen LogP contribution in [0.1, 0.15) is 18.1 Å². The van der Waals surface area contributed by atoms with E-state index < -0.39 is 5.97 Å². The highest BCUT2D eigenvalue weighted by Crippen LogP contribution is 2.21. The molecule has 0 fully saturated rings. The minimum Gasteiger partial charge on any atom is -0.402 e. The summed E-state index contributed by atoms with van der Waals surface area (Å²) in [6, 6.07) is 14.3. The van der Waals surface area contributed by atoms with Crippen LogP contribution in [-0.2, 0) is 14.3 Å². The van der Waals surface area contributed by atoms with Crippen molar-refractivity contribution in [3.05, 3.63) is 78.0 Å². The van der Waals surface area contributed by atoms with Gasteiger partial charge in [0, 0.05) is 18.2 Å². The van der Waals surface area contributed by atoms with E-state index in [0.29, 0.717) is 11.3 Å². The van der Waals surface area contributed by atoms with Gasteiger partial charge < -0.3 is 10.1 Å². The molecule has 0 unspecified atom stereocenters. The van der Waals surface area contributed by atoms with Gasteiger partial charge in [0.1, 0.15) is 12.7 Å². The number of aliphatic imine (C=N–C) groups is 1. The van der Waals surface area contributed by atoms with Crippen LogP contribution in [0.5, 0.6) is 0 Å². The molecule has 28 heavy (non-hydrogen) atoms. The number of esters is 1. The van der Waals surface area contributed by atoms with Gasteiger partial charge in [0.25, 0.3) is 0 Å². The maximum absolute atomic E-state index is 12.1. The lowest BCUT2D eigenvalue weighted by atomic mass is 10.2. The van der Waals surface area contributed by atoms with Crippen LogP contribution < -0.4 is 5.32 Å². The Morgan fingerprint density at radius 2 is 1.86 bits per heavy atom. The maximum Gasteiger partial charge on any atom is 0.363 e. The molecule has 0 saturated carbocycles. The maximum atomic E-state index is 12.1. The molecule has 0 spiro atoms. The first-order chi connectivity index (χ1) is 13.6. The second-order valence-electron chi connectivity index (χ2n) is 6.03. The number of aromatic nitrogens is 3. The topological polar surface area (TPSA) is 98.5 Å². The average Bonchev–Trinajstić information content (AvgIpc) is 3.33. The number of anilines is 1. The summed E-state index contributed by atoms with van der Waals surface area (Å²) in [7, 11) is 0. The number of hydrogen-bond donors (Lipinski definition) is 1. The molecule has 1 aliphatic rings. The smallest absolute Gasteiger partial charge is 0.363 e. The summed E-state index contributed by atoms with van der Waals surface area (Å²) < 4.78 is 6.91. The molecule has 2 aromatic carbocycles. The third-order valence-corrected chi connectivity index (χ3v) is 3.95. The van der Waals surface area contributed by atoms with E-state index >= 15 is 0 Å². The zero-order valence-corrected chi connectivity index (χ0v) is 14.9. The minimum absolute atomic E-state index is 0.155. The van der Waals surface area contributed by atoms with Gasteiger partial charge in [-0.05, 0) is 48.0 Å². The number of amides is 1. The molecule has 3 aromatic rings. The Labute approximate surface area is 160 Å². The first kappa shape index (κ1) is 17.3. The van der Waals surface area contributed by atoms with Crippen molar-refractivity contribution in [1.82, 2.24) is 14.8 Å². The zero-order chi connectivity index (χ0) is 19.5. The second-order valence-corrected chi connectivity index (χ2v) is 6.03. The number of cyclic esters (lactones) is 1. The second kappa shape index (κ2) is 7.28. The van der Waals surface area contributed by atoms with Crippen LogP contribution in [0.4, 0.5) is 5.69 Å². The molecule has 0 bridgehead atoms. The molecule has 8 nitrogen and oxygen atoms in total. The summed E-state index contributed by atoms with van der Waals surface area (Å²) in [6.07, 6.45) is 4.73. The fourth-order valence-electron chi connectivity index (χ4n) is 2.65. The molecule has 0 saturated heterocycles. The monoisotopic (exact) mass is 373 g/mol. The predicted octanol–water partition coefficient (Wildman–Crippen LogP) is 2.57. The number of nitrogens with zero attached hydrogens (tertiary/aromatic N) is 4. The molecule has 4 rings (SSSR count). The molecule has 2 heterocycles. The Morgan fingerprint density at radius 1 is 1.11 bits per heavy atom. The zero-order valence-electron chi connectivity index (χ0n) is 14.9. The lowest BCUT2D eigenvalue weighted by molar-refractivity contribution is -0.129. The highest BCUT2D eigenvalue weighted by molar-refractivity contribution is 6.13. The van der Waals surface area contributed by atoms with Crippen LogP contribution in [0.25, 0.3) is 11.8 Å². The number of carbonyl (C=O) groups is 2. The van der Waals surface area contributed by atoms with E-state index in [9.17, 15) is 9.59 Å². The molecule has 0 atom stereocenters. The fourth-order valence-corrected chi connectivity index (χ4v) is 2.65.